The first-order chi connectivity index (χ1) is 22.1. The summed E-state index contributed by atoms with van der Waals surface area (Å²) in [7, 11) is 1.42. The minimum absolute atomic E-state index is 0.0769. The smallest absolute Gasteiger partial charge is 0.339 e. The average Bonchev–Trinajstić information content (AvgIpc) is 3.55. The van der Waals surface area contributed by atoms with E-state index in [1.165, 1.54) is 7.05 Å². The van der Waals surface area contributed by atoms with Crippen molar-refractivity contribution in [2.75, 3.05) is 20.2 Å². The van der Waals surface area contributed by atoms with Crippen molar-refractivity contribution in [1.82, 2.24) is 16.0 Å². The van der Waals surface area contributed by atoms with Crippen LogP contribution in [-0.4, -0.2) is 49.9 Å². The zero-order chi connectivity index (χ0) is 32.8. The number of primary amides is 1. The molecule has 1 aliphatic carbocycles. The van der Waals surface area contributed by atoms with Gasteiger partial charge in [-0.2, -0.15) is 0 Å². The van der Waals surface area contributed by atoms with Crippen LogP contribution in [0.2, 0.25) is 0 Å². The summed E-state index contributed by atoms with van der Waals surface area (Å²) in [6, 6.07) is 15.7. The van der Waals surface area contributed by atoms with E-state index in [-0.39, 0.29) is 24.3 Å². The number of amides is 4. The summed E-state index contributed by atoms with van der Waals surface area (Å²) in [5, 5.41) is 8.46. The molecule has 5 rings (SSSR count). The maximum atomic E-state index is 13.0. The number of carbonyl (C=O) groups excluding carboxylic acids is 4. The number of nitrogens with one attached hydrogen (secondary N) is 3. The van der Waals surface area contributed by atoms with Crippen molar-refractivity contribution in [3.63, 3.8) is 0 Å². The van der Waals surface area contributed by atoms with Crippen molar-refractivity contribution >= 4 is 34.6 Å². The van der Waals surface area contributed by atoms with Crippen LogP contribution >= 0.6 is 0 Å². The number of hydrogen-bond acceptors (Lipinski definition) is 8. The summed E-state index contributed by atoms with van der Waals surface area (Å²) < 4.78 is 17.2. The van der Waals surface area contributed by atoms with Crippen molar-refractivity contribution in [1.29, 1.82) is 0 Å². The van der Waals surface area contributed by atoms with E-state index in [0.717, 1.165) is 17.5 Å². The van der Waals surface area contributed by atoms with Gasteiger partial charge in [0, 0.05) is 24.7 Å². The number of para-hydroxylation sites is 1. The summed E-state index contributed by atoms with van der Waals surface area (Å²) in [4.78, 5) is 62.6. The molecule has 4 amide bonds. The zero-order valence-corrected chi connectivity index (χ0v) is 25.4. The highest BCUT2D eigenvalue weighted by Crippen LogP contribution is 2.35. The summed E-state index contributed by atoms with van der Waals surface area (Å²) in [6.07, 6.45) is 2.17. The Bertz CT molecular complexity index is 1880. The van der Waals surface area contributed by atoms with Crippen molar-refractivity contribution < 1.29 is 33.1 Å². The van der Waals surface area contributed by atoms with Crippen LogP contribution in [0.15, 0.2) is 69.9 Å². The van der Waals surface area contributed by atoms with Gasteiger partial charge in [0.15, 0.2) is 6.61 Å². The molecule has 12 nitrogen and oxygen atoms in total. The molecule has 0 unspecified atom stereocenters. The maximum Gasteiger partial charge on any atom is 0.339 e. The number of ether oxygens (including phenoxy) is 2. The molecule has 1 aromatic heterocycles. The topological polar surface area (TPSA) is 179 Å². The van der Waals surface area contributed by atoms with Crippen LogP contribution in [0.3, 0.4) is 0 Å². The molecule has 0 radical (unpaired) electrons. The zero-order valence-electron chi connectivity index (χ0n) is 25.4. The lowest BCUT2D eigenvalue weighted by atomic mass is 10.0. The molecule has 1 aliphatic rings. The largest absolute Gasteiger partial charge is 0.488 e. The Morgan fingerprint density at radius 2 is 1.74 bits per heavy atom. The molecule has 12 heteroatoms. The molecule has 3 aromatic carbocycles. The molecule has 46 heavy (non-hydrogen) atoms. The number of rotatable bonds is 12. The molecular formula is C34H34N4O8. The predicted molar refractivity (Wildman–Crippen MR) is 169 cm³/mol. The molecular weight excluding hydrogens is 592 g/mol. The third-order valence-electron chi connectivity index (χ3n) is 7.64. The standard InChI is InChI=1S/C34H34N4O8/c1-19-13-27(30-22-10-6-11-23(22)34(43)46-28(30)14-19)45-18-29(39)38-25(33(42)36-2)16-37-32(41)21-8-5-7-20(15-21)17-44-26-12-4-3-9-24(26)31(35)40/h3-5,7-9,12-15,25H,6,10-11,16-18H2,1-2H3,(H2,35,40)(H,36,42)(H,37,41)(H,38,39)/t25-/m0/s1. The Hall–Kier alpha value is -5.65. The number of carbonyl (C=O) groups is 4. The molecule has 0 bridgehead atoms. The fourth-order valence-corrected chi connectivity index (χ4v) is 5.44. The van der Waals surface area contributed by atoms with Crippen LogP contribution in [0.1, 0.15) is 49.4 Å². The molecule has 1 heterocycles. The minimum atomic E-state index is -1.08. The van der Waals surface area contributed by atoms with Gasteiger partial charge in [0.25, 0.3) is 17.7 Å². The van der Waals surface area contributed by atoms with E-state index < -0.39 is 36.3 Å². The number of aryl methyl sites for hydroxylation is 2. The van der Waals surface area contributed by atoms with Gasteiger partial charge in [-0.15, -0.1) is 0 Å². The second kappa shape index (κ2) is 14.0. The number of benzene rings is 3. The number of nitrogens with two attached hydrogens (primary N) is 1. The van der Waals surface area contributed by atoms with Gasteiger partial charge in [-0.1, -0.05) is 24.3 Å². The number of hydrogen-bond donors (Lipinski definition) is 4. The molecule has 0 fully saturated rings. The van der Waals surface area contributed by atoms with Crippen LogP contribution in [0, 0.1) is 6.92 Å². The summed E-state index contributed by atoms with van der Waals surface area (Å²) in [6.45, 7) is 1.31. The Labute approximate surface area is 264 Å². The van der Waals surface area contributed by atoms with Crippen LogP contribution in [0.4, 0.5) is 0 Å². The molecule has 1 atom stereocenters. The summed E-state index contributed by atoms with van der Waals surface area (Å²) in [5.41, 5.74) is 8.97. The number of likely N-dealkylation sites (N-methyl/N-ethyl adjacent to an activating group) is 1. The van der Waals surface area contributed by atoms with E-state index in [9.17, 15) is 24.0 Å². The highest BCUT2D eigenvalue weighted by Gasteiger charge is 2.24. The Morgan fingerprint density at radius 3 is 2.52 bits per heavy atom. The van der Waals surface area contributed by atoms with E-state index in [1.807, 2.05) is 6.92 Å². The van der Waals surface area contributed by atoms with Gasteiger partial charge in [0.2, 0.25) is 5.91 Å². The van der Waals surface area contributed by atoms with Gasteiger partial charge in [-0.25, -0.2) is 4.79 Å². The molecule has 5 N–H and O–H groups in total. The minimum Gasteiger partial charge on any atom is -0.488 e. The summed E-state index contributed by atoms with van der Waals surface area (Å²) in [5.74, 6) is -1.44. The van der Waals surface area contributed by atoms with Gasteiger partial charge < -0.3 is 35.6 Å². The van der Waals surface area contributed by atoms with Gasteiger partial charge in [0.1, 0.15) is 29.7 Å². The van der Waals surface area contributed by atoms with Crippen LogP contribution in [-0.2, 0) is 29.0 Å². The predicted octanol–water partition coefficient (Wildman–Crippen LogP) is 2.31. The van der Waals surface area contributed by atoms with Crippen molar-refractivity contribution in [3.05, 3.63) is 104 Å². The van der Waals surface area contributed by atoms with E-state index in [2.05, 4.69) is 16.0 Å². The Morgan fingerprint density at radius 1 is 0.957 bits per heavy atom. The lowest BCUT2D eigenvalue weighted by Gasteiger charge is -2.19. The van der Waals surface area contributed by atoms with Crippen molar-refractivity contribution in [2.45, 2.75) is 38.8 Å². The van der Waals surface area contributed by atoms with E-state index in [4.69, 9.17) is 19.6 Å². The average molecular weight is 627 g/mol. The number of fused-ring (bicyclic) bond motifs is 3. The van der Waals surface area contributed by atoms with Crippen LogP contribution in [0.25, 0.3) is 11.0 Å². The molecule has 0 spiro atoms. The monoisotopic (exact) mass is 626 g/mol. The SMILES string of the molecule is CNC(=O)[C@H](CNC(=O)c1cccc(COc2ccccc2C(N)=O)c1)NC(=O)COc1cc(C)cc2oc(=O)c3c(c12)CCC3. The van der Waals surface area contributed by atoms with Crippen LogP contribution < -0.4 is 36.8 Å². The molecule has 0 saturated carbocycles. The fraction of sp³-hybridized carbons (Fsp3) is 0.265. The van der Waals surface area contributed by atoms with Gasteiger partial charge in [-0.05, 0) is 79.3 Å². The highest BCUT2D eigenvalue weighted by molar-refractivity contribution is 5.96. The third-order valence-corrected chi connectivity index (χ3v) is 7.64. The lowest BCUT2D eigenvalue weighted by molar-refractivity contribution is -0.129. The van der Waals surface area contributed by atoms with Crippen molar-refractivity contribution in [3.8, 4) is 11.5 Å². The van der Waals surface area contributed by atoms with E-state index >= 15 is 0 Å². The third kappa shape index (κ3) is 7.17. The van der Waals surface area contributed by atoms with E-state index in [0.29, 0.717) is 52.0 Å². The molecule has 4 aromatic rings. The Kier molecular flexibility index (Phi) is 9.65. The quantitative estimate of drug-likeness (QED) is 0.173. The van der Waals surface area contributed by atoms with Crippen molar-refractivity contribution in [2.24, 2.45) is 5.73 Å². The normalized spacial score (nSPS) is 12.6. The Balaban J connectivity index is 1.21. The first-order valence-electron chi connectivity index (χ1n) is 14.8. The van der Waals surface area contributed by atoms with Gasteiger partial charge >= 0.3 is 5.63 Å². The lowest BCUT2D eigenvalue weighted by Crippen LogP contribution is -2.52. The maximum absolute atomic E-state index is 13.0. The van der Waals surface area contributed by atoms with Crippen LogP contribution in [0.5, 0.6) is 11.5 Å². The molecule has 0 saturated heterocycles. The second-order valence-corrected chi connectivity index (χ2v) is 10.9. The van der Waals surface area contributed by atoms with E-state index in [1.54, 1.807) is 60.7 Å². The first-order valence-corrected chi connectivity index (χ1v) is 14.8. The fourth-order valence-electron chi connectivity index (χ4n) is 5.44. The molecule has 238 valence electrons. The first kappa shape index (κ1) is 31.8. The highest BCUT2D eigenvalue weighted by atomic mass is 16.5. The second-order valence-electron chi connectivity index (χ2n) is 10.9. The molecule has 0 aliphatic heterocycles. The van der Waals surface area contributed by atoms with Gasteiger partial charge in [-0.3, -0.25) is 19.2 Å². The summed E-state index contributed by atoms with van der Waals surface area (Å²) >= 11 is 0. The van der Waals surface area contributed by atoms with Gasteiger partial charge in [0.05, 0.1) is 10.9 Å².